The molecule has 1 N–H and O–H groups in total. The monoisotopic (exact) mass is 273 g/mol. The predicted molar refractivity (Wildman–Crippen MR) is 75.2 cm³/mol. The van der Waals surface area contributed by atoms with Gasteiger partial charge in [0.15, 0.2) is 0 Å². The van der Waals surface area contributed by atoms with E-state index in [1.807, 2.05) is 25.7 Å². The fourth-order valence-electron chi connectivity index (χ4n) is 2.09. The number of methoxy groups -OCH3 is 1. The first-order valence-corrected chi connectivity index (χ1v) is 6.59. The zero-order valence-electron chi connectivity index (χ0n) is 12.2. The van der Waals surface area contributed by atoms with Crippen molar-refractivity contribution in [2.75, 3.05) is 14.2 Å². The van der Waals surface area contributed by atoms with Gasteiger partial charge >= 0.3 is 0 Å². The summed E-state index contributed by atoms with van der Waals surface area (Å²) in [5, 5.41) is 8.44. The number of nitrogens with one attached hydrogen (secondary N) is 1. The van der Waals surface area contributed by atoms with Gasteiger partial charge in [0.1, 0.15) is 0 Å². The lowest BCUT2D eigenvalue weighted by atomic mass is 9.95. The van der Waals surface area contributed by atoms with E-state index in [1.165, 1.54) is 0 Å². The van der Waals surface area contributed by atoms with Crippen LogP contribution in [0.5, 0.6) is 0 Å². The summed E-state index contributed by atoms with van der Waals surface area (Å²) in [6.07, 6.45) is 1.76. The third kappa shape index (κ3) is 3.70. The van der Waals surface area contributed by atoms with E-state index in [1.54, 1.807) is 7.11 Å². The summed E-state index contributed by atoms with van der Waals surface area (Å²) in [6, 6.07) is 0.312. The summed E-state index contributed by atoms with van der Waals surface area (Å²) in [6.45, 7) is 6.11. The summed E-state index contributed by atoms with van der Waals surface area (Å²) in [7, 11) is 5.64. The second-order valence-electron chi connectivity index (χ2n) is 5.33. The second kappa shape index (κ2) is 6.04. The molecule has 1 atom stereocenters. The molecule has 0 aliphatic rings. The van der Waals surface area contributed by atoms with Crippen LogP contribution in [-0.2, 0) is 18.2 Å². The molecule has 5 heteroatoms. The van der Waals surface area contributed by atoms with Crippen LogP contribution in [-0.4, -0.2) is 35.6 Å². The normalized spacial score (nSPS) is 13.9. The van der Waals surface area contributed by atoms with Crippen molar-refractivity contribution in [3.05, 3.63) is 16.4 Å². The Balaban J connectivity index is 2.80. The molecule has 0 aromatic carbocycles. The van der Waals surface area contributed by atoms with Crippen LogP contribution < -0.4 is 5.32 Å². The van der Waals surface area contributed by atoms with Crippen molar-refractivity contribution in [2.24, 2.45) is 7.05 Å². The largest absolute Gasteiger partial charge is 0.379 e. The standard InChI is InChI=1S/C13H24ClN3O/c1-9-12(14)11(17(5)16-9)7-10(15-4)8-13(2,3)18-6/h10,15H,7-8H2,1-6H3. The molecule has 0 saturated heterocycles. The van der Waals surface area contributed by atoms with Gasteiger partial charge in [-0.3, -0.25) is 4.68 Å². The smallest absolute Gasteiger partial charge is 0.0847 e. The quantitative estimate of drug-likeness (QED) is 0.865. The number of aromatic nitrogens is 2. The van der Waals surface area contributed by atoms with E-state index >= 15 is 0 Å². The number of hydrogen-bond donors (Lipinski definition) is 1. The van der Waals surface area contributed by atoms with Gasteiger partial charge in [-0.15, -0.1) is 0 Å². The van der Waals surface area contributed by atoms with Crippen LogP contribution >= 0.6 is 11.6 Å². The molecule has 18 heavy (non-hydrogen) atoms. The minimum atomic E-state index is -0.145. The zero-order valence-corrected chi connectivity index (χ0v) is 12.9. The molecule has 0 spiro atoms. The van der Waals surface area contributed by atoms with Gasteiger partial charge in [-0.05, 0) is 34.2 Å². The Morgan fingerprint density at radius 2 is 2.11 bits per heavy atom. The van der Waals surface area contributed by atoms with Crippen LogP contribution in [0, 0.1) is 6.92 Å². The van der Waals surface area contributed by atoms with Gasteiger partial charge in [0.05, 0.1) is 22.0 Å². The molecule has 0 radical (unpaired) electrons. The molecule has 0 aliphatic carbocycles. The summed E-state index contributed by atoms with van der Waals surface area (Å²) >= 11 is 6.28. The van der Waals surface area contributed by atoms with Crippen LogP contribution in [0.3, 0.4) is 0 Å². The topological polar surface area (TPSA) is 39.1 Å². The first-order chi connectivity index (χ1) is 8.30. The van der Waals surface area contributed by atoms with E-state index in [0.29, 0.717) is 6.04 Å². The number of hydrogen-bond acceptors (Lipinski definition) is 3. The highest BCUT2D eigenvalue weighted by Crippen LogP contribution is 2.23. The average Bonchev–Trinajstić information content (AvgIpc) is 2.54. The summed E-state index contributed by atoms with van der Waals surface area (Å²) in [5.41, 5.74) is 1.81. The summed E-state index contributed by atoms with van der Waals surface area (Å²) in [5.74, 6) is 0. The molecular weight excluding hydrogens is 250 g/mol. The predicted octanol–water partition coefficient (Wildman–Crippen LogP) is 2.33. The van der Waals surface area contributed by atoms with Crippen LogP contribution in [0.4, 0.5) is 0 Å². The minimum absolute atomic E-state index is 0.145. The van der Waals surface area contributed by atoms with Gasteiger partial charge < -0.3 is 10.1 Å². The molecule has 0 bridgehead atoms. The van der Waals surface area contributed by atoms with Gasteiger partial charge in [0, 0.05) is 26.6 Å². The summed E-state index contributed by atoms with van der Waals surface area (Å²) < 4.78 is 7.34. The highest BCUT2D eigenvalue weighted by molar-refractivity contribution is 6.31. The first-order valence-electron chi connectivity index (χ1n) is 6.21. The first kappa shape index (κ1) is 15.5. The maximum atomic E-state index is 6.28. The van der Waals surface area contributed by atoms with Crippen molar-refractivity contribution < 1.29 is 4.74 Å². The Bertz CT molecular complexity index is 401. The van der Waals surface area contributed by atoms with E-state index in [9.17, 15) is 0 Å². The molecule has 1 aromatic rings. The Morgan fingerprint density at radius 1 is 1.50 bits per heavy atom. The number of rotatable bonds is 6. The molecule has 0 saturated carbocycles. The van der Waals surface area contributed by atoms with E-state index in [0.717, 1.165) is 29.3 Å². The Kier molecular flexibility index (Phi) is 5.20. The SMILES string of the molecule is CNC(Cc1c(Cl)c(C)nn1C)CC(C)(C)OC. The van der Waals surface area contributed by atoms with E-state index in [-0.39, 0.29) is 5.60 Å². The van der Waals surface area contributed by atoms with Crippen molar-refractivity contribution in [2.45, 2.75) is 45.3 Å². The van der Waals surface area contributed by atoms with E-state index in [4.69, 9.17) is 16.3 Å². The maximum Gasteiger partial charge on any atom is 0.0847 e. The third-order valence-electron chi connectivity index (χ3n) is 3.40. The molecular formula is C13H24ClN3O. The van der Waals surface area contributed by atoms with Crippen LogP contribution in [0.15, 0.2) is 0 Å². The fraction of sp³-hybridized carbons (Fsp3) is 0.769. The molecule has 4 nitrogen and oxygen atoms in total. The fourth-order valence-corrected chi connectivity index (χ4v) is 2.33. The van der Waals surface area contributed by atoms with Crippen molar-refractivity contribution in [1.29, 1.82) is 0 Å². The molecule has 104 valence electrons. The van der Waals surface area contributed by atoms with Crippen molar-refractivity contribution in [3.63, 3.8) is 0 Å². The van der Waals surface area contributed by atoms with Gasteiger partial charge in [-0.1, -0.05) is 11.6 Å². The lowest BCUT2D eigenvalue weighted by Crippen LogP contribution is -2.37. The van der Waals surface area contributed by atoms with Gasteiger partial charge in [-0.25, -0.2) is 0 Å². The van der Waals surface area contributed by atoms with E-state index < -0.39 is 0 Å². The van der Waals surface area contributed by atoms with Crippen molar-refractivity contribution in [3.8, 4) is 0 Å². The number of nitrogens with zero attached hydrogens (tertiary/aromatic N) is 2. The van der Waals surface area contributed by atoms with Crippen LogP contribution in [0.1, 0.15) is 31.7 Å². The zero-order chi connectivity index (χ0) is 13.9. The lowest BCUT2D eigenvalue weighted by Gasteiger charge is -2.28. The van der Waals surface area contributed by atoms with Crippen LogP contribution in [0.2, 0.25) is 5.02 Å². The molecule has 1 heterocycles. The second-order valence-corrected chi connectivity index (χ2v) is 5.71. The minimum Gasteiger partial charge on any atom is -0.379 e. The third-order valence-corrected chi connectivity index (χ3v) is 3.89. The lowest BCUT2D eigenvalue weighted by molar-refractivity contribution is 0.00759. The van der Waals surface area contributed by atoms with Gasteiger partial charge in [0.2, 0.25) is 0 Å². The Morgan fingerprint density at radius 3 is 2.50 bits per heavy atom. The molecule has 1 rings (SSSR count). The van der Waals surface area contributed by atoms with E-state index in [2.05, 4.69) is 24.3 Å². The molecule has 1 aromatic heterocycles. The summed E-state index contributed by atoms with van der Waals surface area (Å²) in [4.78, 5) is 0. The highest BCUT2D eigenvalue weighted by atomic mass is 35.5. The van der Waals surface area contributed by atoms with Crippen molar-refractivity contribution >= 4 is 11.6 Å². The molecule has 0 aliphatic heterocycles. The molecule has 0 amide bonds. The van der Waals surface area contributed by atoms with Gasteiger partial charge in [0.25, 0.3) is 0 Å². The maximum absolute atomic E-state index is 6.28. The number of halogens is 1. The van der Waals surface area contributed by atoms with Gasteiger partial charge in [-0.2, -0.15) is 5.10 Å². The average molecular weight is 274 g/mol. The number of aryl methyl sites for hydroxylation is 2. The Hall–Kier alpha value is -0.580. The van der Waals surface area contributed by atoms with Crippen LogP contribution in [0.25, 0.3) is 0 Å². The highest BCUT2D eigenvalue weighted by Gasteiger charge is 2.24. The molecule has 1 unspecified atom stereocenters. The number of likely N-dealkylation sites (N-methyl/N-ethyl adjacent to an activating group) is 1. The number of ether oxygens (including phenoxy) is 1. The Labute approximate surface area is 115 Å². The molecule has 0 fully saturated rings. The van der Waals surface area contributed by atoms with Crippen molar-refractivity contribution in [1.82, 2.24) is 15.1 Å².